The van der Waals surface area contributed by atoms with Gasteiger partial charge in [0.2, 0.25) is 0 Å². The van der Waals surface area contributed by atoms with Crippen molar-refractivity contribution in [3.05, 3.63) is 23.8 Å². The van der Waals surface area contributed by atoms with Crippen LogP contribution >= 0.6 is 0 Å². The van der Waals surface area contributed by atoms with Crippen LogP contribution in [-0.4, -0.2) is 36.8 Å². The van der Waals surface area contributed by atoms with Gasteiger partial charge in [0.1, 0.15) is 16.9 Å². The molecule has 0 aliphatic heterocycles. The van der Waals surface area contributed by atoms with E-state index in [0.717, 1.165) is 25.7 Å². The zero-order valence-corrected chi connectivity index (χ0v) is 18.8. The number of anilines is 1. The fourth-order valence-electron chi connectivity index (χ4n) is 2.89. The summed E-state index contributed by atoms with van der Waals surface area (Å²) in [6.07, 6.45) is 4.43. The summed E-state index contributed by atoms with van der Waals surface area (Å²) >= 11 is 0. The van der Waals surface area contributed by atoms with E-state index in [9.17, 15) is 9.59 Å². The average Bonchev–Trinajstić information content (AvgIpc) is 2.67. The Kier molecular flexibility index (Phi) is 10.7. The number of benzene rings is 1. The van der Waals surface area contributed by atoms with Gasteiger partial charge in [0.05, 0.1) is 12.7 Å². The maximum atomic E-state index is 13.0. The molecule has 0 aromatic heterocycles. The number of esters is 1. The molecular weight excluding hydrogens is 370 g/mol. The van der Waals surface area contributed by atoms with E-state index in [-0.39, 0.29) is 18.6 Å². The van der Waals surface area contributed by atoms with Gasteiger partial charge in [0.25, 0.3) is 5.91 Å². The number of hydrogen-bond donors (Lipinski definition) is 1. The highest BCUT2D eigenvalue weighted by Crippen LogP contribution is 2.27. The van der Waals surface area contributed by atoms with E-state index in [1.807, 2.05) is 27.7 Å². The normalized spacial score (nSPS) is 13.1. The van der Waals surface area contributed by atoms with Gasteiger partial charge < -0.3 is 19.5 Å². The summed E-state index contributed by atoms with van der Waals surface area (Å²) in [6, 6.07) is 5.01. The molecule has 0 heterocycles. The molecule has 0 spiro atoms. The topological polar surface area (TPSA) is 73.9 Å². The molecule has 164 valence electrons. The van der Waals surface area contributed by atoms with E-state index < -0.39 is 11.6 Å². The summed E-state index contributed by atoms with van der Waals surface area (Å²) in [4.78, 5) is 25.4. The van der Waals surface area contributed by atoms with E-state index >= 15 is 0 Å². The predicted molar refractivity (Wildman–Crippen MR) is 116 cm³/mol. The maximum absolute atomic E-state index is 13.0. The molecule has 0 unspecified atom stereocenters. The number of ether oxygens (including phenoxy) is 3. The van der Waals surface area contributed by atoms with Crippen molar-refractivity contribution in [2.75, 3.05) is 18.5 Å². The summed E-state index contributed by atoms with van der Waals surface area (Å²) in [5, 5.41) is 2.91. The SMILES string of the molecule is CCCCC[C@@](C)(OCCC)C(=O)Nc1ccc(OC(C)C)c(C(=O)OCC)c1. The first-order valence-electron chi connectivity index (χ1n) is 10.7. The van der Waals surface area contributed by atoms with Crippen molar-refractivity contribution >= 4 is 17.6 Å². The fraction of sp³-hybridized carbons (Fsp3) is 0.652. The van der Waals surface area contributed by atoms with Gasteiger partial charge >= 0.3 is 5.97 Å². The molecule has 6 nitrogen and oxygen atoms in total. The Morgan fingerprint density at radius 2 is 1.83 bits per heavy atom. The fourth-order valence-corrected chi connectivity index (χ4v) is 2.89. The van der Waals surface area contributed by atoms with Crippen LogP contribution in [0.4, 0.5) is 5.69 Å². The Balaban J connectivity index is 3.07. The average molecular weight is 408 g/mol. The van der Waals surface area contributed by atoms with Gasteiger partial charge in [-0.15, -0.1) is 0 Å². The van der Waals surface area contributed by atoms with Crippen LogP contribution in [0, 0.1) is 0 Å². The highest BCUT2D eigenvalue weighted by Gasteiger charge is 2.33. The Morgan fingerprint density at radius 3 is 2.41 bits per heavy atom. The first-order chi connectivity index (χ1) is 13.8. The van der Waals surface area contributed by atoms with Crippen LogP contribution in [0.5, 0.6) is 5.75 Å². The number of rotatable bonds is 13. The smallest absolute Gasteiger partial charge is 0.341 e. The van der Waals surface area contributed by atoms with Gasteiger partial charge in [-0.25, -0.2) is 4.79 Å². The largest absolute Gasteiger partial charge is 0.490 e. The molecule has 29 heavy (non-hydrogen) atoms. The molecular formula is C23H37NO5. The third kappa shape index (κ3) is 8.05. The highest BCUT2D eigenvalue weighted by molar-refractivity contribution is 5.99. The number of carbonyl (C=O) groups excluding carboxylic acids is 2. The second kappa shape index (κ2) is 12.5. The minimum atomic E-state index is -0.914. The molecule has 0 saturated heterocycles. The molecule has 1 aromatic rings. The first kappa shape index (κ1) is 25.0. The molecule has 1 aromatic carbocycles. The van der Waals surface area contributed by atoms with E-state index in [4.69, 9.17) is 14.2 Å². The second-order valence-corrected chi connectivity index (χ2v) is 7.59. The van der Waals surface area contributed by atoms with Gasteiger partial charge in [0.15, 0.2) is 0 Å². The quantitative estimate of drug-likeness (QED) is 0.352. The lowest BCUT2D eigenvalue weighted by molar-refractivity contribution is -0.140. The predicted octanol–water partition coefficient (Wildman–Crippen LogP) is 5.35. The number of carbonyl (C=O) groups is 2. The van der Waals surface area contributed by atoms with Crippen molar-refractivity contribution in [1.29, 1.82) is 0 Å². The molecule has 1 rings (SSSR count). The molecule has 0 radical (unpaired) electrons. The lowest BCUT2D eigenvalue weighted by Gasteiger charge is -2.29. The van der Waals surface area contributed by atoms with Gasteiger partial charge in [-0.3, -0.25) is 4.79 Å². The Morgan fingerprint density at radius 1 is 1.10 bits per heavy atom. The van der Waals surface area contributed by atoms with E-state index in [2.05, 4.69) is 12.2 Å². The van der Waals surface area contributed by atoms with Crippen LogP contribution in [-0.2, 0) is 14.3 Å². The van der Waals surface area contributed by atoms with Crippen molar-refractivity contribution in [2.45, 2.75) is 85.4 Å². The minimum Gasteiger partial charge on any atom is -0.490 e. The van der Waals surface area contributed by atoms with Crippen molar-refractivity contribution in [3.63, 3.8) is 0 Å². The standard InChI is InChI=1S/C23H37NO5/c1-7-10-11-14-23(6,28-15-8-2)22(26)24-18-12-13-20(29-17(4)5)19(16-18)21(25)27-9-3/h12-13,16-17H,7-11,14-15H2,1-6H3,(H,24,26)/t23-/m1/s1. The molecule has 6 heteroatoms. The Bertz CT molecular complexity index is 659. The number of unbranched alkanes of at least 4 members (excludes halogenated alkanes) is 2. The van der Waals surface area contributed by atoms with Crippen molar-refractivity contribution in [1.82, 2.24) is 0 Å². The summed E-state index contributed by atoms with van der Waals surface area (Å²) in [6.45, 7) is 12.3. The molecule has 1 atom stereocenters. The van der Waals surface area contributed by atoms with Crippen LogP contribution in [0.3, 0.4) is 0 Å². The number of amides is 1. The van der Waals surface area contributed by atoms with Crippen LogP contribution < -0.4 is 10.1 Å². The molecule has 0 bridgehead atoms. The molecule has 0 saturated carbocycles. The Labute approximate surface area is 175 Å². The summed E-state index contributed by atoms with van der Waals surface area (Å²) < 4.78 is 16.8. The van der Waals surface area contributed by atoms with Crippen LogP contribution in [0.1, 0.15) is 84.0 Å². The number of nitrogens with one attached hydrogen (secondary N) is 1. The third-order valence-electron chi connectivity index (χ3n) is 4.46. The second-order valence-electron chi connectivity index (χ2n) is 7.59. The van der Waals surface area contributed by atoms with Crippen LogP contribution in [0.25, 0.3) is 0 Å². The van der Waals surface area contributed by atoms with Crippen molar-refractivity contribution < 1.29 is 23.8 Å². The summed E-state index contributed by atoms with van der Waals surface area (Å²) in [5.41, 5.74) is -0.112. The molecule has 0 fully saturated rings. The van der Waals surface area contributed by atoms with Crippen LogP contribution in [0.15, 0.2) is 18.2 Å². The third-order valence-corrected chi connectivity index (χ3v) is 4.46. The molecule has 0 aliphatic rings. The summed E-state index contributed by atoms with van der Waals surface area (Å²) in [5.74, 6) is -0.258. The highest BCUT2D eigenvalue weighted by atomic mass is 16.5. The zero-order chi connectivity index (χ0) is 21.9. The van der Waals surface area contributed by atoms with Crippen LogP contribution in [0.2, 0.25) is 0 Å². The monoisotopic (exact) mass is 407 g/mol. The van der Waals surface area contributed by atoms with Gasteiger partial charge in [-0.2, -0.15) is 0 Å². The lowest BCUT2D eigenvalue weighted by atomic mass is 9.96. The molecule has 0 aliphatic carbocycles. The van der Waals surface area contributed by atoms with Crippen molar-refractivity contribution in [2.24, 2.45) is 0 Å². The summed E-state index contributed by atoms with van der Waals surface area (Å²) in [7, 11) is 0. The van der Waals surface area contributed by atoms with Gasteiger partial charge in [-0.1, -0.05) is 33.1 Å². The molecule has 1 N–H and O–H groups in total. The van der Waals surface area contributed by atoms with Gasteiger partial charge in [-0.05, 0) is 58.7 Å². The van der Waals surface area contributed by atoms with Gasteiger partial charge in [0, 0.05) is 12.3 Å². The lowest BCUT2D eigenvalue weighted by Crippen LogP contribution is -2.43. The Hall–Kier alpha value is -2.08. The van der Waals surface area contributed by atoms with E-state index in [1.165, 1.54) is 0 Å². The molecule has 1 amide bonds. The minimum absolute atomic E-state index is 0.0899. The number of hydrogen-bond acceptors (Lipinski definition) is 5. The van der Waals surface area contributed by atoms with E-state index in [0.29, 0.717) is 30.0 Å². The maximum Gasteiger partial charge on any atom is 0.341 e. The van der Waals surface area contributed by atoms with Crippen molar-refractivity contribution in [3.8, 4) is 5.75 Å². The zero-order valence-electron chi connectivity index (χ0n) is 18.8. The first-order valence-corrected chi connectivity index (χ1v) is 10.7. The van der Waals surface area contributed by atoms with E-state index in [1.54, 1.807) is 25.1 Å².